The summed E-state index contributed by atoms with van der Waals surface area (Å²) in [7, 11) is 0. The molecular formula is C17H24N4O2. The Morgan fingerprint density at radius 3 is 2.96 bits per heavy atom. The lowest BCUT2D eigenvalue weighted by atomic mass is 10.0. The molecule has 1 saturated heterocycles. The molecule has 0 unspecified atom stereocenters. The molecule has 0 radical (unpaired) electrons. The maximum Gasteiger partial charge on any atom is 0.252 e. The maximum atomic E-state index is 12.1. The number of carbonyl (C=O) groups excluding carboxylic acids is 1. The van der Waals surface area contributed by atoms with E-state index in [4.69, 9.17) is 0 Å². The van der Waals surface area contributed by atoms with E-state index in [9.17, 15) is 9.59 Å². The van der Waals surface area contributed by atoms with Gasteiger partial charge in [-0.05, 0) is 38.5 Å². The van der Waals surface area contributed by atoms with Crippen molar-refractivity contribution in [3.8, 4) is 0 Å². The van der Waals surface area contributed by atoms with Gasteiger partial charge in [0.25, 0.3) is 5.56 Å². The third-order valence-corrected chi connectivity index (χ3v) is 4.54. The van der Waals surface area contributed by atoms with Crippen molar-refractivity contribution in [1.82, 2.24) is 15.3 Å². The van der Waals surface area contributed by atoms with Gasteiger partial charge in [-0.25, -0.2) is 4.98 Å². The predicted molar refractivity (Wildman–Crippen MR) is 89.3 cm³/mol. The van der Waals surface area contributed by atoms with Crippen molar-refractivity contribution < 1.29 is 4.79 Å². The van der Waals surface area contributed by atoms with Crippen LogP contribution in [0.15, 0.2) is 23.0 Å². The van der Waals surface area contributed by atoms with Gasteiger partial charge < -0.3 is 10.2 Å². The molecule has 2 heterocycles. The summed E-state index contributed by atoms with van der Waals surface area (Å²) in [5.41, 5.74) is 0.447. The largest absolute Gasteiger partial charge is 0.348 e. The monoisotopic (exact) mass is 316 g/mol. The summed E-state index contributed by atoms with van der Waals surface area (Å²) >= 11 is 0. The zero-order valence-corrected chi connectivity index (χ0v) is 13.5. The summed E-state index contributed by atoms with van der Waals surface area (Å²) in [6.07, 6.45) is 9.09. The average molecular weight is 316 g/mol. The smallest absolute Gasteiger partial charge is 0.252 e. The molecule has 0 aromatic carbocycles. The van der Waals surface area contributed by atoms with Crippen molar-refractivity contribution in [3.05, 3.63) is 34.3 Å². The Bertz CT molecular complexity index is 646. The number of carbonyl (C=O) groups is 1. The fraction of sp³-hybridized carbons (Fsp3) is 0.588. The Morgan fingerprint density at radius 1 is 1.48 bits per heavy atom. The van der Waals surface area contributed by atoms with Crippen LogP contribution in [0.2, 0.25) is 0 Å². The molecule has 0 spiro atoms. The first-order valence-electron chi connectivity index (χ1n) is 8.44. The van der Waals surface area contributed by atoms with E-state index in [1.807, 2.05) is 6.92 Å². The summed E-state index contributed by atoms with van der Waals surface area (Å²) in [4.78, 5) is 33.5. The number of allylic oxidation sites excluding steroid dienone is 2. The first-order valence-corrected chi connectivity index (χ1v) is 8.44. The van der Waals surface area contributed by atoms with Gasteiger partial charge in [-0.3, -0.25) is 14.6 Å². The molecule has 1 aromatic heterocycles. The number of rotatable bonds is 5. The van der Waals surface area contributed by atoms with Gasteiger partial charge in [0.2, 0.25) is 11.9 Å². The molecular weight excluding hydrogens is 292 g/mol. The molecule has 6 nitrogen and oxygen atoms in total. The number of amides is 1. The van der Waals surface area contributed by atoms with E-state index >= 15 is 0 Å². The lowest BCUT2D eigenvalue weighted by molar-refractivity contribution is -0.122. The molecule has 2 N–H and O–H groups in total. The second-order valence-electron chi connectivity index (χ2n) is 6.45. The van der Waals surface area contributed by atoms with Gasteiger partial charge in [-0.15, -0.1) is 0 Å². The molecule has 1 fully saturated rings. The highest BCUT2D eigenvalue weighted by atomic mass is 16.1. The number of H-pyrrole nitrogens is 1. The number of aromatic nitrogens is 2. The van der Waals surface area contributed by atoms with Crippen LogP contribution in [0.1, 0.15) is 50.8 Å². The van der Waals surface area contributed by atoms with Gasteiger partial charge in [0.05, 0.1) is 11.7 Å². The second kappa shape index (κ2) is 6.98. The van der Waals surface area contributed by atoms with E-state index in [1.54, 1.807) is 0 Å². The number of aromatic amines is 1. The maximum absolute atomic E-state index is 12.1. The van der Waals surface area contributed by atoms with Crippen molar-refractivity contribution in [1.29, 1.82) is 0 Å². The summed E-state index contributed by atoms with van der Waals surface area (Å²) in [6, 6.07) is 1.21. The van der Waals surface area contributed by atoms with Crippen LogP contribution in [0, 0.1) is 5.92 Å². The van der Waals surface area contributed by atoms with Crippen molar-refractivity contribution in [3.63, 3.8) is 0 Å². The van der Waals surface area contributed by atoms with Gasteiger partial charge in [-0.2, -0.15) is 0 Å². The fourth-order valence-corrected chi connectivity index (χ4v) is 3.24. The topological polar surface area (TPSA) is 78.1 Å². The third kappa shape index (κ3) is 4.00. The first-order chi connectivity index (χ1) is 11.1. The van der Waals surface area contributed by atoms with Crippen LogP contribution in [0.25, 0.3) is 0 Å². The number of nitrogens with one attached hydrogen (secondary N) is 2. The lowest BCUT2D eigenvalue weighted by Crippen LogP contribution is -2.31. The van der Waals surface area contributed by atoms with Crippen molar-refractivity contribution in [2.75, 3.05) is 18.0 Å². The zero-order valence-electron chi connectivity index (χ0n) is 13.5. The summed E-state index contributed by atoms with van der Waals surface area (Å²) in [5.74, 6) is 0.971. The van der Waals surface area contributed by atoms with Gasteiger partial charge in [0, 0.05) is 25.6 Å². The van der Waals surface area contributed by atoms with Gasteiger partial charge in [0.1, 0.15) is 0 Å². The van der Waals surface area contributed by atoms with E-state index in [0.717, 1.165) is 38.8 Å². The highest BCUT2D eigenvalue weighted by molar-refractivity contribution is 5.76. The SMILES string of the molecule is C[C@H](NC(=O)C[C@@H]1C=CCC1)c1cc(=O)[nH]c(N2CCCC2)n1. The third-order valence-electron chi connectivity index (χ3n) is 4.54. The average Bonchev–Trinajstić information content (AvgIpc) is 3.19. The normalized spacial score (nSPS) is 21.6. The van der Waals surface area contributed by atoms with Crippen LogP contribution in [-0.4, -0.2) is 29.0 Å². The zero-order chi connectivity index (χ0) is 16.2. The quantitative estimate of drug-likeness (QED) is 0.813. The van der Waals surface area contributed by atoms with Gasteiger partial charge >= 0.3 is 0 Å². The second-order valence-corrected chi connectivity index (χ2v) is 6.45. The van der Waals surface area contributed by atoms with Crippen molar-refractivity contribution in [2.45, 2.75) is 45.1 Å². The molecule has 1 amide bonds. The molecule has 1 aliphatic carbocycles. The number of anilines is 1. The van der Waals surface area contributed by atoms with E-state index in [-0.39, 0.29) is 17.5 Å². The van der Waals surface area contributed by atoms with Gasteiger partial charge in [-0.1, -0.05) is 12.2 Å². The van der Waals surface area contributed by atoms with E-state index in [1.165, 1.54) is 6.07 Å². The molecule has 124 valence electrons. The summed E-state index contributed by atoms with van der Waals surface area (Å²) in [5, 5.41) is 2.96. The molecule has 0 saturated carbocycles. The van der Waals surface area contributed by atoms with E-state index in [2.05, 4.69) is 32.3 Å². The molecule has 2 aliphatic rings. The van der Waals surface area contributed by atoms with Crippen LogP contribution < -0.4 is 15.8 Å². The molecule has 3 rings (SSSR count). The Hall–Kier alpha value is -2.11. The molecule has 6 heteroatoms. The molecule has 2 atom stereocenters. The van der Waals surface area contributed by atoms with Crippen LogP contribution in [0.5, 0.6) is 0 Å². The minimum Gasteiger partial charge on any atom is -0.348 e. The van der Waals surface area contributed by atoms with Crippen LogP contribution in [0.4, 0.5) is 5.95 Å². The van der Waals surface area contributed by atoms with Crippen LogP contribution in [-0.2, 0) is 4.79 Å². The minimum absolute atomic E-state index is 0.0128. The Labute approximate surface area is 136 Å². The lowest BCUT2D eigenvalue weighted by Gasteiger charge is -2.19. The van der Waals surface area contributed by atoms with Crippen molar-refractivity contribution >= 4 is 11.9 Å². The summed E-state index contributed by atoms with van der Waals surface area (Å²) in [6.45, 7) is 3.71. The Kier molecular flexibility index (Phi) is 4.79. The molecule has 0 bridgehead atoms. The molecule has 1 aromatic rings. The fourth-order valence-electron chi connectivity index (χ4n) is 3.24. The standard InChI is InChI=1S/C17H24N4O2/c1-12(18-15(22)10-13-6-2-3-7-13)14-11-16(23)20-17(19-14)21-8-4-5-9-21/h2,6,11-13H,3-5,7-10H2,1H3,(H,18,22)(H,19,20,23)/t12-,13+/m0/s1. The van der Waals surface area contributed by atoms with Crippen LogP contribution in [0.3, 0.4) is 0 Å². The number of nitrogens with zero attached hydrogens (tertiary/aromatic N) is 2. The van der Waals surface area contributed by atoms with E-state index < -0.39 is 0 Å². The number of hydrogen-bond donors (Lipinski definition) is 2. The van der Waals surface area contributed by atoms with E-state index in [0.29, 0.717) is 24.0 Å². The number of hydrogen-bond acceptors (Lipinski definition) is 4. The molecule has 1 aliphatic heterocycles. The minimum atomic E-state index is -0.267. The highest BCUT2D eigenvalue weighted by Gasteiger charge is 2.19. The highest BCUT2D eigenvalue weighted by Crippen LogP contribution is 2.21. The van der Waals surface area contributed by atoms with Crippen LogP contribution >= 0.6 is 0 Å². The predicted octanol–water partition coefficient (Wildman–Crippen LogP) is 1.90. The first kappa shape index (κ1) is 15.8. The van der Waals surface area contributed by atoms with Crippen molar-refractivity contribution in [2.24, 2.45) is 5.92 Å². The molecule has 23 heavy (non-hydrogen) atoms. The van der Waals surface area contributed by atoms with Gasteiger partial charge in [0.15, 0.2) is 0 Å². The Balaban J connectivity index is 1.66. The summed E-state index contributed by atoms with van der Waals surface area (Å²) < 4.78 is 0. The Morgan fingerprint density at radius 2 is 2.26 bits per heavy atom.